The van der Waals surface area contributed by atoms with E-state index < -0.39 is 10.8 Å². The van der Waals surface area contributed by atoms with Crippen molar-refractivity contribution >= 4 is 23.2 Å². The number of carbonyl (C=O) groups is 1. The van der Waals surface area contributed by atoms with Crippen molar-refractivity contribution in [2.45, 2.75) is 6.54 Å². The molecule has 2 heterocycles. The molecule has 7 nitrogen and oxygen atoms in total. The molecule has 0 unspecified atom stereocenters. The number of hydrogen-bond acceptors (Lipinski definition) is 4. The molecule has 0 fully saturated rings. The predicted octanol–water partition coefficient (Wildman–Crippen LogP) is 1.91. The Morgan fingerprint density at radius 3 is 2.95 bits per heavy atom. The van der Waals surface area contributed by atoms with E-state index >= 15 is 0 Å². The largest absolute Gasteiger partial charge is 0.357 e. The Balaban J connectivity index is 2.12. The van der Waals surface area contributed by atoms with E-state index in [1.807, 2.05) is 30.1 Å². The third kappa shape index (κ3) is 3.12. The number of nitrogens with one attached hydrogen (secondary N) is 1. The van der Waals surface area contributed by atoms with Gasteiger partial charge in [0.15, 0.2) is 0 Å². The minimum Gasteiger partial charge on any atom is -0.357 e. The van der Waals surface area contributed by atoms with Crippen LogP contribution in [0.5, 0.6) is 0 Å². The zero-order chi connectivity index (χ0) is 14.7. The molecule has 20 heavy (non-hydrogen) atoms. The fourth-order valence-electron chi connectivity index (χ4n) is 1.64. The second-order valence-electron chi connectivity index (χ2n) is 4.16. The molecule has 0 aromatic carbocycles. The summed E-state index contributed by atoms with van der Waals surface area (Å²) in [5.41, 5.74) is 0.617. The molecule has 1 N–H and O–H groups in total. The third-order valence-electron chi connectivity index (χ3n) is 2.63. The predicted molar refractivity (Wildman–Crippen MR) is 72.5 cm³/mol. The molecule has 104 valence electrons. The molecular formula is C12H11ClN4O3. The van der Waals surface area contributed by atoms with Crippen LogP contribution in [0.4, 0.5) is 5.69 Å². The monoisotopic (exact) mass is 294 g/mol. The summed E-state index contributed by atoms with van der Waals surface area (Å²) in [6, 6.07) is 2.96. The molecule has 2 rings (SSSR count). The molecule has 0 saturated heterocycles. The number of hydrogen-bond donors (Lipinski definition) is 1. The average molecular weight is 295 g/mol. The van der Waals surface area contributed by atoms with Gasteiger partial charge in [0, 0.05) is 32.1 Å². The Kier molecular flexibility index (Phi) is 3.99. The fourth-order valence-corrected chi connectivity index (χ4v) is 1.83. The van der Waals surface area contributed by atoms with Crippen LogP contribution < -0.4 is 5.32 Å². The lowest BCUT2D eigenvalue weighted by molar-refractivity contribution is -0.385. The third-order valence-corrected chi connectivity index (χ3v) is 2.93. The van der Waals surface area contributed by atoms with E-state index in [0.29, 0.717) is 6.54 Å². The fraction of sp³-hybridized carbons (Fsp3) is 0.167. The number of amides is 1. The van der Waals surface area contributed by atoms with Gasteiger partial charge in [-0.1, -0.05) is 11.6 Å². The van der Waals surface area contributed by atoms with Gasteiger partial charge in [0.2, 0.25) is 0 Å². The molecule has 8 heteroatoms. The van der Waals surface area contributed by atoms with Crippen molar-refractivity contribution in [3.8, 4) is 0 Å². The molecule has 0 spiro atoms. The molecule has 0 aliphatic rings. The van der Waals surface area contributed by atoms with Crippen LogP contribution in [0, 0.1) is 10.1 Å². The van der Waals surface area contributed by atoms with Gasteiger partial charge in [0.1, 0.15) is 11.3 Å². The SMILES string of the molecule is Cn1ccc(CNC(=O)c2cc([N+](=O)[O-])cnc2Cl)c1. The lowest BCUT2D eigenvalue weighted by Crippen LogP contribution is -2.23. The van der Waals surface area contributed by atoms with E-state index in [1.165, 1.54) is 0 Å². The van der Waals surface area contributed by atoms with Crippen LogP contribution in [-0.2, 0) is 13.6 Å². The maximum atomic E-state index is 12.0. The zero-order valence-electron chi connectivity index (χ0n) is 10.5. The number of rotatable bonds is 4. The highest BCUT2D eigenvalue weighted by Gasteiger charge is 2.16. The van der Waals surface area contributed by atoms with E-state index in [4.69, 9.17) is 11.6 Å². The van der Waals surface area contributed by atoms with Gasteiger partial charge in [-0.2, -0.15) is 0 Å². The highest BCUT2D eigenvalue weighted by atomic mass is 35.5. The summed E-state index contributed by atoms with van der Waals surface area (Å²) in [4.78, 5) is 25.6. The number of pyridine rings is 1. The maximum Gasteiger partial charge on any atom is 0.288 e. The van der Waals surface area contributed by atoms with Crippen LogP contribution in [0.1, 0.15) is 15.9 Å². The van der Waals surface area contributed by atoms with Crippen molar-refractivity contribution in [2.24, 2.45) is 7.05 Å². The van der Waals surface area contributed by atoms with Crippen molar-refractivity contribution in [2.75, 3.05) is 0 Å². The van der Waals surface area contributed by atoms with Crippen LogP contribution in [0.15, 0.2) is 30.7 Å². The molecule has 0 saturated carbocycles. The number of halogens is 1. The first-order chi connectivity index (χ1) is 9.47. The quantitative estimate of drug-likeness (QED) is 0.530. The number of aryl methyl sites for hydroxylation is 1. The first-order valence-electron chi connectivity index (χ1n) is 5.66. The first-order valence-corrected chi connectivity index (χ1v) is 6.04. The minimum absolute atomic E-state index is 0.0169. The van der Waals surface area contributed by atoms with Gasteiger partial charge in [-0.25, -0.2) is 4.98 Å². The molecule has 1 amide bonds. The Morgan fingerprint density at radius 2 is 2.35 bits per heavy atom. The topological polar surface area (TPSA) is 90.1 Å². The van der Waals surface area contributed by atoms with E-state index in [9.17, 15) is 14.9 Å². The Bertz CT molecular complexity index is 668. The van der Waals surface area contributed by atoms with Gasteiger partial charge in [0.25, 0.3) is 11.6 Å². The van der Waals surface area contributed by atoms with Crippen molar-refractivity contribution in [1.29, 1.82) is 0 Å². The number of carbonyl (C=O) groups excluding carboxylic acids is 1. The molecule has 0 aliphatic carbocycles. The average Bonchev–Trinajstić information content (AvgIpc) is 2.82. The van der Waals surface area contributed by atoms with Crippen molar-refractivity contribution in [3.05, 3.63) is 57.1 Å². The van der Waals surface area contributed by atoms with Crippen LogP contribution in [0.3, 0.4) is 0 Å². The molecule has 0 radical (unpaired) electrons. The zero-order valence-corrected chi connectivity index (χ0v) is 11.3. The lowest BCUT2D eigenvalue weighted by Gasteiger charge is -2.05. The van der Waals surface area contributed by atoms with Crippen LogP contribution in [0.25, 0.3) is 0 Å². The summed E-state index contributed by atoms with van der Waals surface area (Å²) in [6.45, 7) is 0.304. The second kappa shape index (κ2) is 5.70. The normalized spacial score (nSPS) is 10.3. The molecule has 0 atom stereocenters. The number of nitro groups is 1. The molecule has 2 aromatic heterocycles. The summed E-state index contributed by atoms with van der Waals surface area (Å²) in [5, 5.41) is 13.2. The van der Waals surface area contributed by atoms with E-state index in [-0.39, 0.29) is 16.4 Å². The van der Waals surface area contributed by atoms with E-state index in [2.05, 4.69) is 10.3 Å². The summed E-state index contributed by atoms with van der Waals surface area (Å²) in [7, 11) is 1.87. The van der Waals surface area contributed by atoms with Crippen molar-refractivity contribution in [3.63, 3.8) is 0 Å². The van der Waals surface area contributed by atoms with E-state index in [0.717, 1.165) is 17.8 Å². The second-order valence-corrected chi connectivity index (χ2v) is 4.51. The molecular weight excluding hydrogens is 284 g/mol. The molecule has 0 aliphatic heterocycles. The Hall–Kier alpha value is -2.41. The standard InChI is InChI=1S/C12H11ClN4O3/c1-16-3-2-8(7-16)5-15-12(18)10-4-9(17(19)20)6-14-11(10)13/h2-4,6-7H,5H2,1H3,(H,15,18). The maximum absolute atomic E-state index is 12.0. The van der Waals surface area contributed by atoms with Crippen molar-refractivity contribution < 1.29 is 9.72 Å². The highest BCUT2D eigenvalue weighted by Crippen LogP contribution is 2.19. The number of aromatic nitrogens is 2. The van der Waals surface area contributed by atoms with Gasteiger partial charge in [-0.3, -0.25) is 14.9 Å². The van der Waals surface area contributed by atoms with E-state index in [1.54, 1.807) is 0 Å². The van der Waals surface area contributed by atoms with Gasteiger partial charge in [-0.05, 0) is 11.6 Å². The first kappa shape index (κ1) is 14.0. The number of nitrogens with zero attached hydrogens (tertiary/aromatic N) is 3. The van der Waals surface area contributed by atoms with Crippen LogP contribution >= 0.6 is 11.6 Å². The summed E-state index contributed by atoms with van der Waals surface area (Å²) >= 11 is 5.78. The molecule has 0 bridgehead atoms. The van der Waals surface area contributed by atoms with Crippen molar-refractivity contribution in [1.82, 2.24) is 14.9 Å². The summed E-state index contributed by atoms with van der Waals surface area (Å²) < 4.78 is 1.85. The van der Waals surface area contributed by atoms with Crippen LogP contribution in [-0.4, -0.2) is 20.4 Å². The smallest absolute Gasteiger partial charge is 0.288 e. The van der Waals surface area contributed by atoms with Crippen LogP contribution in [0.2, 0.25) is 5.15 Å². The van der Waals surface area contributed by atoms with Gasteiger partial charge in [0.05, 0.1) is 10.5 Å². The Morgan fingerprint density at radius 1 is 1.60 bits per heavy atom. The van der Waals surface area contributed by atoms with Gasteiger partial charge >= 0.3 is 0 Å². The van der Waals surface area contributed by atoms with Gasteiger partial charge in [-0.15, -0.1) is 0 Å². The summed E-state index contributed by atoms with van der Waals surface area (Å²) in [6.07, 6.45) is 4.72. The Labute approximate surface area is 119 Å². The van der Waals surface area contributed by atoms with Gasteiger partial charge < -0.3 is 9.88 Å². The highest BCUT2D eigenvalue weighted by molar-refractivity contribution is 6.32. The lowest BCUT2D eigenvalue weighted by atomic mass is 10.2. The minimum atomic E-state index is -0.628. The summed E-state index contributed by atoms with van der Waals surface area (Å²) in [5.74, 6) is -0.505. The molecule has 2 aromatic rings.